The molecule has 0 fully saturated rings. The Hall–Kier alpha value is -2.99. The first-order valence-corrected chi connectivity index (χ1v) is 9.18. The first-order chi connectivity index (χ1) is 12.7. The number of carbonyl (C=O) groups is 1. The first kappa shape index (κ1) is 16.5. The second-order valence-electron chi connectivity index (χ2n) is 6.04. The number of amides is 1. The van der Waals surface area contributed by atoms with Gasteiger partial charge < -0.3 is 9.73 Å². The summed E-state index contributed by atoms with van der Waals surface area (Å²) in [5.74, 6) is 0.508. The van der Waals surface area contributed by atoms with E-state index < -0.39 is 0 Å². The average Bonchev–Trinajstić information content (AvgIpc) is 3.20. The van der Waals surface area contributed by atoms with Crippen LogP contribution in [0.25, 0.3) is 11.1 Å². The molecule has 6 heteroatoms. The number of rotatable bonds is 5. The van der Waals surface area contributed by atoms with Gasteiger partial charge >= 0.3 is 0 Å². The van der Waals surface area contributed by atoms with Crippen LogP contribution in [0.5, 0.6) is 0 Å². The number of aromatic nitrogens is 2. The second-order valence-corrected chi connectivity index (χ2v) is 6.98. The lowest BCUT2D eigenvalue weighted by Crippen LogP contribution is -2.14. The number of aryl methyl sites for hydroxylation is 1. The number of oxazole rings is 1. The number of benzene rings is 2. The number of anilines is 1. The predicted octanol–water partition coefficient (Wildman–Crippen LogP) is 4.36. The highest BCUT2D eigenvalue weighted by Crippen LogP contribution is 2.20. The molecule has 130 valence electrons. The van der Waals surface area contributed by atoms with E-state index in [-0.39, 0.29) is 12.3 Å². The van der Waals surface area contributed by atoms with Gasteiger partial charge in [0.25, 0.3) is 0 Å². The van der Waals surface area contributed by atoms with Gasteiger partial charge in [-0.2, -0.15) is 0 Å². The van der Waals surface area contributed by atoms with Crippen molar-refractivity contribution in [3.63, 3.8) is 0 Å². The topological polar surface area (TPSA) is 68.0 Å². The van der Waals surface area contributed by atoms with E-state index in [2.05, 4.69) is 27.4 Å². The van der Waals surface area contributed by atoms with Crippen LogP contribution in [0.3, 0.4) is 0 Å². The predicted molar refractivity (Wildman–Crippen MR) is 102 cm³/mol. The fourth-order valence-electron chi connectivity index (χ4n) is 2.77. The van der Waals surface area contributed by atoms with Crippen molar-refractivity contribution in [1.82, 2.24) is 9.97 Å². The second kappa shape index (κ2) is 7.09. The lowest BCUT2D eigenvalue weighted by Gasteiger charge is -2.03. The summed E-state index contributed by atoms with van der Waals surface area (Å²) < 4.78 is 5.50. The molecule has 0 aliphatic rings. The van der Waals surface area contributed by atoms with E-state index in [4.69, 9.17) is 4.42 Å². The third-order valence-corrected chi connectivity index (χ3v) is 4.82. The molecule has 0 aliphatic heterocycles. The van der Waals surface area contributed by atoms with E-state index in [1.165, 1.54) is 5.56 Å². The molecule has 1 N–H and O–H groups in total. The average molecular weight is 363 g/mol. The summed E-state index contributed by atoms with van der Waals surface area (Å²) in [6, 6.07) is 15.6. The Labute approximate surface area is 154 Å². The first-order valence-electron chi connectivity index (χ1n) is 8.30. The van der Waals surface area contributed by atoms with E-state index in [1.54, 1.807) is 24.3 Å². The van der Waals surface area contributed by atoms with Gasteiger partial charge in [-0.25, -0.2) is 9.97 Å². The number of thiazole rings is 1. The van der Waals surface area contributed by atoms with Gasteiger partial charge in [0, 0.05) is 30.5 Å². The molecule has 0 unspecified atom stereocenters. The maximum absolute atomic E-state index is 12.3. The summed E-state index contributed by atoms with van der Waals surface area (Å²) in [4.78, 5) is 21.1. The van der Waals surface area contributed by atoms with Gasteiger partial charge in [0.05, 0.1) is 17.1 Å². The van der Waals surface area contributed by atoms with Crippen molar-refractivity contribution in [1.29, 1.82) is 0 Å². The Morgan fingerprint density at radius 1 is 1.15 bits per heavy atom. The normalized spacial score (nSPS) is 11.0. The van der Waals surface area contributed by atoms with Gasteiger partial charge in [-0.05, 0) is 17.7 Å². The highest BCUT2D eigenvalue weighted by Gasteiger charge is 2.10. The molecule has 2 aromatic carbocycles. The lowest BCUT2D eigenvalue weighted by molar-refractivity contribution is -0.115. The van der Waals surface area contributed by atoms with Crippen LogP contribution in [0.1, 0.15) is 22.2 Å². The van der Waals surface area contributed by atoms with Gasteiger partial charge in [-0.3, -0.25) is 4.79 Å². The molecule has 0 atom stereocenters. The van der Waals surface area contributed by atoms with Crippen molar-refractivity contribution in [2.75, 3.05) is 5.32 Å². The van der Waals surface area contributed by atoms with Crippen molar-refractivity contribution < 1.29 is 9.21 Å². The summed E-state index contributed by atoms with van der Waals surface area (Å²) in [7, 11) is 0. The van der Waals surface area contributed by atoms with E-state index in [0.717, 1.165) is 22.6 Å². The van der Waals surface area contributed by atoms with Gasteiger partial charge in [-0.1, -0.05) is 30.3 Å². The largest absolute Gasteiger partial charge is 0.441 e. The molecule has 0 aliphatic carbocycles. The lowest BCUT2D eigenvalue weighted by atomic mass is 10.2. The Bertz CT molecular complexity index is 1050. The minimum atomic E-state index is -0.0999. The minimum absolute atomic E-state index is 0.0999. The number of fused-ring (bicyclic) bond motifs is 1. The van der Waals surface area contributed by atoms with E-state index in [9.17, 15) is 4.79 Å². The molecule has 0 radical (unpaired) electrons. The fourth-order valence-corrected chi connectivity index (χ4v) is 3.60. The van der Waals surface area contributed by atoms with Crippen LogP contribution in [0, 0.1) is 6.92 Å². The van der Waals surface area contributed by atoms with Crippen LogP contribution in [-0.4, -0.2) is 15.9 Å². The van der Waals surface area contributed by atoms with Crippen molar-refractivity contribution in [2.45, 2.75) is 19.8 Å². The Kier molecular flexibility index (Phi) is 4.50. The number of nitrogens with one attached hydrogen (secondary N) is 1. The standard InChI is InChI=1S/C20H17N3O2S/c1-13-21-17-8-7-15(10-18(17)25-13)22-19(24)11-16-12-26-20(23-16)9-14-5-3-2-4-6-14/h2-8,10,12H,9,11H2,1H3,(H,22,24). The monoisotopic (exact) mass is 363 g/mol. The number of carbonyl (C=O) groups excluding carboxylic acids is 1. The van der Waals surface area contributed by atoms with Crippen molar-refractivity contribution in [3.05, 3.63) is 76.1 Å². The summed E-state index contributed by atoms with van der Waals surface area (Å²) in [5.41, 5.74) is 4.14. The molecule has 5 nitrogen and oxygen atoms in total. The molecule has 26 heavy (non-hydrogen) atoms. The molecular weight excluding hydrogens is 346 g/mol. The van der Waals surface area contributed by atoms with Crippen LogP contribution >= 0.6 is 11.3 Å². The third kappa shape index (κ3) is 3.81. The summed E-state index contributed by atoms with van der Waals surface area (Å²) >= 11 is 1.58. The minimum Gasteiger partial charge on any atom is -0.441 e. The highest BCUT2D eigenvalue weighted by molar-refractivity contribution is 7.09. The zero-order valence-electron chi connectivity index (χ0n) is 14.2. The zero-order chi connectivity index (χ0) is 17.9. The third-order valence-electron chi connectivity index (χ3n) is 3.92. The maximum Gasteiger partial charge on any atom is 0.230 e. The van der Waals surface area contributed by atoms with E-state index >= 15 is 0 Å². The van der Waals surface area contributed by atoms with Gasteiger partial charge in [0.2, 0.25) is 5.91 Å². The molecular formula is C20H17N3O2S. The number of hydrogen-bond donors (Lipinski definition) is 1. The van der Waals surface area contributed by atoms with Crippen LogP contribution < -0.4 is 5.32 Å². The SMILES string of the molecule is Cc1nc2ccc(NC(=O)Cc3csc(Cc4ccccc4)n3)cc2o1. The molecule has 1 amide bonds. The quantitative estimate of drug-likeness (QED) is 0.572. The van der Waals surface area contributed by atoms with Gasteiger partial charge in [0.1, 0.15) is 5.52 Å². The fraction of sp³-hybridized carbons (Fsp3) is 0.150. The van der Waals surface area contributed by atoms with Crippen LogP contribution in [0.2, 0.25) is 0 Å². The highest BCUT2D eigenvalue weighted by atomic mass is 32.1. The molecule has 0 saturated heterocycles. The van der Waals surface area contributed by atoms with E-state index in [1.807, 2.05) is 35.7 Å². The molecule has 0 spiro atoms. The summed E-state index contributed by atoms with van der Waals surface area (Å²) in [5, 5.41) is 5.85. The molecule has 4 rings (SSSR count). The molecule has 0 saturated carbocycles. The number of hydrogen-bond acceptors (Lipinski definition) is 5. The van der Waals surface area contributed by atoms with Crippen molar-refractivity contribution in [2.24, 2.45) is 0 Å². The van der Waals surface area contributed by atoms with E-state index in [0.29, 0.717) is 17.2 Å². The van der Waals surface area contributed by atoms with Crippen LogP contribution in [0.15, 0.2) is 58.3 Å². The van der Waals surface area contributed by atoms with Gasteiger partial charge in [-0.15, -0.1) is 11.3 Å². The molecule has 4 aromatic rings. The molecule has 2 aromatic heterocycles. The van der Waals surface area contributed by atoms with Gasteiger partial charge in [0.15, 0.2) is 11.5 Å². The number of nitrogens with zero attached hydrogens (tertiary/aromatic N) is 2. The zero-order valence-corrected chi connectivity index (χ0v) is 15.0. The summed E-state index contributed by atoms with van der Waals surface area (Å²) in [6.45, 7) is 1.80. The van der Waals surface area contributed by atoms with Crippen molar-refractivity contribution in [3.8, 4) is 0 Å². The molecule has 2 heterocycles. The van der Waals surface area contributed by atoms with Crippen molar-refractivity contribution >= 4 is 34.0 Å². The Balaban J connectivity index is 1.39. The smallest absolute Gasteiger partial charge is 0.230 e. The van der Waals surface area contributed by atoms with Crippen LogP contribution in [-0.2, 0) is 17.6 Å². The Morgan fingerprint density at radius 2 is 2.00 bits per heavy atom. The maximum atomic E-state index is 12.3. The Morgan fingerprint density at radius 3 is 2.85 bits per heavy atom. The summed E-state index contributed by atoms with van der Waals surface area (Å²) in [6.07, 6.45) is 1.04. The van der Waals surface area contributed by atoms with Crippen LogP contribution in [0.4, 0.5) is 5.69 Å². The molecule has 0 bridgehead atoms.